The maximum absolute atomic E-state index is 14.4. The van der Waals surface area contributed by atoms with Crippen molar-refractivity contribution in [1.29, 1.82) is 0 Å². The number of piperidine rings is 1. The van der Waals surface area contributed by atoms with Crippen molar-refractivity contribution in [3.8, 4) is 0 Å². The lowest BCUT2D eigenvalue weighted by Gasteiger charge is -2.37. The molecular formula is C25H31F3N2O3S. The van der Waals surface area contributed by atoms with Crippen LogP contribution in [0.15, 0.2) is 42.5 Å². The lowest BCUT2D eigenvalue weighted by Crippen LogP contribution is -2.51. The Bertz CT molecular complexity index is 964. The van der Waals surface area contributed by atoms with Crippen LogP contribution in [0.2, 0.25) is 0 Å². The molecule has 0 bridgehead atoms. The highest BCUT2D eigenvalue weighted by atomic mass is 32.2. The van der Waals surface area contributed by atoms with Crippen LogP contribution in [0.5, 0.6) is 0 Å². The molecule has 1 fully saturated rings. The minimum atomic E-state index is -1.51. The first-order chi connectivity index (χ1) is 16.1. The van der Waals surface area contributed by atoms with Gasteiger partial charge in [-0.25, -0.2) is 18.0 Å². The van der Waals surface area contributed by atoms with E-state index in [1.165, 1.54) is 6.07 Å². The van der Waals surface area contributed by atoms with E-state index in [0.717, 1.165) is 11.6 Å². The summed E-state index contributed by atoms with van der Waals surface area (Å²) in [5, 5.41) is 0. The van der Waals surface area contributed by atoms with Crippen LogP contribution in [-0.4, -0.2) is 39.4 Å². The zero-order chi connectivity index (χ0) is 24.9. The Morgan fingerprint density at radius 2 is 1.76 bits per heavy atom. The largest absolute Gasteiger partial charge is 0.598 e. The van der Waals surface area contributed by atoms with Gasteiger partial charge in [-0.15, -0.1) is 4.72 Å². The summed E-state index contributed by atoms with van der Waals surface area (Å²) in [6.45, 7) is 6.49. The highest BCUT2D eigenvalue weighted by molar-refractivity contribution is 7.90. The molecular weight excluding hydrogens is 465 g/mol. The smallest absolute Gasteiger partial charge is 0.410 e. The van der Waals surface area contributed by atoms with Crippen molar-refractivity contribution < 1.29 is 27.3 Å². The van der Waals surface area contributed by atoms with Crippen LogP contribution in [0.1, 0.15) is 44.7 Å². The molecule has 0 spiro atoms. The van der Waals surface area contributed by atoms with E-state index in [9.17, 15) is 22.5 Å². The van der Waals surface area contributed by atoms with Crippen LogP contribution in [-0.2, 0) is 29.1 Å². The molecule has 1 N–H and O–H groups in total. The molecule has 0 saturated carbocycles. The first-order valence-electron chi connectivity index (χ1n) is 11.3. The van der Waals surface area contributed by atoms with Gasteiger partial charge in [0.2, 0.25) is 0 Å². The second-order valence-electron chi connectivity index (χ2n) is 9.51. The highest BCUT2D eigenvalue weighted by Crippen LogP contribution is 2.27. The van der Waals surface area contributed by atoms with Crippen molar-refractivity contribution in [3.63, 3.8) is 0 Å². The van der Waals surface area contributed by atoms with Crippen LogP contribution in [0, 0.1) is 23.4 Å². The van der Waals surface area contributed by atoms with Crippen LogP contribution in [0.25, 0.3) is 0 Å². The van der Waals surface area contributed by atoms with Crippen molar-refractivity contribution in [3.05, 3.63) is 71.0 Å². The standard InChI is InChI=1S/C25H31F3N2O3S/c1-25(2,3)34(32)29-21(15-19-9-10-20(26)23(28)22(19)27)18-11-13-30(14-12-18)24(31)33-16-17-7-5-4-6-8-17/h4-10,18,21,29H,11-16H2,1-3H3/t21-,34?/m1/s1. The molecule has 0 aromatic heterocycles. The second-order valence-corrected chi connectivity index (χ2v) is 11.5. The van der Waals surface area contributed by atoms with Crippen molar-refractivity contribution in [2.24, 2.45) is 5.92 Å². The minimum absolute atomic E-state index is 0.0204. The molecule has 1 unspecified atom stereocenters. The number of carbonyl (C=O) groups excluding carboxylic acids is 1. The lowest BCUT2D eigenvalue weighted by molar-refractivity contribution is 0.0790. The molecule has 2 atom stereocenters. The number of halogens is 3. The second kappa shape index (κ2) is 11.5. The first kappa shape index (κ1) is 26.4. The van der Waals surface area contributed by atoms with Crippen LogP contribution >= 0.6 is 0 Å². The van der Waals surface area contributed by atoms with E-state index in [1.54, 1.807) is 4.90 Å². The number of likely N-dealkylation sites (tertiary alicyclic amines) is 1. The number of hydrogen-bond acceptors (Lipinski definition) is 4. The van der Waals surface area contributed by atoms with Gasteiger partial charge < -0.3 is 14.2 Å². The van der Waals surface area contributed by atoms with Crippen molar-refractivity contribution >= 4 is 17.5 Å². The maximum Gasteiger partial charge on any atom is 0.410 e. The molecule has 1 amide bonds. The van der Waals surface area contributed by atoms with Gasteiger partial charge in [0.1, 0.15) is 11.4 Å². The monoisotopic (exact) mass is 496 g/mol. The third kappa shape index (κ3) is 6.90. The summed E-state index contributed by atoms with van der Waals surface area (Å²) in [4.78, 5) is 14.1. The molecule has 186 valence electrons. The molecule has 1 aliphatic rings. The summed E-state index contributed by atoms with van der Waals surface area (Å²) >= 11 is -1.45. The highest BCUT2D eigenvalue weighted by Gasteiger charge is 2.36. The Morgan fingerprint density at radius 1 is 1.12 bits per heavy atom. The number of amides is 1. The fourth-order valence-corrected chi connectivity index (χ4v) is 4.78. The molecule has 5 nitrogen and oxygen atoms in total. The van der Waals surface area contributed by atoms with E-state index in [0.29, 0.717) is 25.9 Å². The van der Waals surface area contributed by atoms with Gasteiger partial charge in [-0.05, 0) is 63.1 Å². The van der Waals surface area contributed by atoms with Crippen molar-refractivity contribution in [1.82, 2.24) is 9.62 Å². The summed E-state index contributed by atoms with van der Waals surface area (Å²) in [6, 6.07) is 11.1. The van der Waals surface area contributed by atoms with Crippen molar-refractivity contribution in [2.75, 3.05) is 13.1 Å². The Kier molecular flexibility index (Phi) is 8.89. The van der Waals surface area contributed by atoms with E-state index in [2.05, 4.69) is 4.72 Å². The maximum atomic E-state index is 14.4. The zero-order valence-electron chi connectivity index (χ0n) is 19.7. The third-order valence-electron chi connectivity index (χ3n) is 5.94. The number of hydrogen-bond donors (Lipinski definition) is 1. The SMILES string of the molecule is CC(C)(C)[S+]([O-])N[C@H](Cc1ccc(F)c(F)c1F)C1CCN(C(=O)OCc2ccccc2)CC1. The number of benzene rings is 2. The number of rotatable bonds is 7. The van der Waals surface area contributed by atoms with Crippen LogP contribution in [0.3, 0.4) is 0 Å². The third-order valence-corrected chi connectivity index (χ3v) is 7.57. The Labute approximate surface area is 202 Å². The quantitative estimate of drug-likeness (QED) is 0.427. The molecule has 2 aromatic rings. The minimum Gasteiger partial charge on any atom is -0.598 e. The van der Waals surface area contributed by atoms with E-state index < -0.39 is 45.7 Å². The van der Waals surface area contributed by atoms with Crippen molar-refractivity contribution in [2.45, 2.75) is 57.4 Å². The number of nitrogens with one attached hydrogen (secondary N) is 1. The topological polar surface area (TPSA) is 64.6 Å². The molecule has 3 rings (SSSR count). The van der Waals surface area contributed by atoms with Gasteiger partial charge in [-0.3, -0.25) is 0 Å². The average Bonchev–Trinajstić information content (AvgIpc) is 2.82. The first-order valence-corrected chi connectivity index (χ1v) is 12.5. The summed E-state index contributed by atoms with van der Waals surface area (Å²) in [5.41, 5.74) is 0.917. The predicted octanol–water partition coefficient (Wildman–Crippen LogP) is 5.12. The number of nitrogens with zero attached hydrogens (tertiary/aromatic N) is 1. The molecule has 0 radical (unpaired) electrons. The Hall–Kier alpha value is -2.23. The summed E-state index contributed by atoms with van der Waals surface area (Å²) in [7, 11) is 0. The van der Waals surface area contributed by atoms with Crippen LogP contribution < -0.4 is 4.72 Å². The zero-order valence-corrected chi connectivity index (χ0v) is 20.5. The average molecular weight is 497 g/mol. The summed E-state index contributed by atoms with van der Waals surface area (Å²) in [6.07, 6.45) is 0.792. The Balaban J connectivity index is 1.65. The van der Waals surface area contributed by atoms with Gasteiger partial charge in [0, 0.05) is 24.5 Å². The Morgan fingerprint density at radius 3 is 2.38 bits per heavy atom. The fraction of sp³-hybridized carbons (Fsp3) is 0.480. The molecule has 34 heavy (non-hydrogen) atoms. The molecule has 1 aliphatic heterocycles. The van der Waals surface area contributed by atoms with E-state index >= 15 is 0 Å². The number of ether oxygens (including phenoxy) is 1. The normalized spacial score (nSPS) is 16.9. The van der Waals surface area contributed by atoms with Gasteiger partial charge in [0.25, 0.3) is 0 Å². The molecule has 9 heteroatoms. The lowest BCUT2D eigenvalue weighted by atomic mass is 9.86. The molecule has 0 aliphatic carbocycles. The summed E-state index contributed by atoms with van der Waals surface area (Å²) in [5.74, 6) is -4.03. The van der Waals surface area contributed by atoms with Crippen LogP contribution in [0.4, 0.5) is 18.0 Å². The van der Waals surface area contributed by atoms with E-state index in [-0.39, 0.29) is 24.5 Å². The van der Waals surface area contributed by atoms with Gasteiger partial charge in [0.05, 0.1) is 6.04 Å². The number of carbonyl (C=O) groups is 1. The molecule has 1 saturated heterocycles. The molecule has 2 aromatic carbocycles. The molecule has 1 heterocycles. The van der Waals surface area contributed by atoms with Gasteiger partial charge in [0.15, 0.2) is 17.5 Å². The van der Waals surface area contributed by atoms with Gasteiger partial charge >= 0.3 is 6.09 Å². The van der Waals surface area contributed by atoms with Gasteiger partial charge in [-0.1, -0.05) is 36.4 Å². The summed E-state index contributed by atoms with van der Waals surface area (Å²) < 4.78 is 62.2. The van der Waals surface area contributed by atoms with Gasteiger partial charge in [-0.2, -0.15) is 0 Å². The predicted molar refractivity (Wildman–Crippen MR) is 126 cm³/mol. The fourth-order valence-electron chi connectivity index (χ4n) is 3.87. The van der Waals surface area contributed by atoms with E-state index in [4.69, 9.17) is 4.74 Å². The van der Waals surface area contributed by atoms with E-state index in [1.807, 2.05) is 51.1 Å².